The normalized spacial score (nSPS) is 37.4. The van der Waals surface area contributed by atoms with Crippen molar-refractivity contribution in [2.24, 2.45) is 0 Å². The van der Waals surface area contributed by atoms with Crippen molar-refractivity contribution in [3.63, 3.8) is 0 Å². The van der Waals surface area contributed by atoms with Crippen LogP contribution in [-0.4, -0.2) is 65.0 Å². The van der Waals surface area contributed by atoms with E-state index in [0.29, 0.717) is 19.8 Å². The minimum Gasteiger partial charge on any atom is -0.377 e. The SMILES string of the molecule is O=C1NC23CC2(N2CCCC2)COCC3N(Cc2ccccc2)C1=O. The maximum atomic E-state index is 12.6. The molecule has 1 aromatic rings. The Kier molecular flexibility index (Phi) is 3.24. The first-order valence-electron chi connectivity index (χ1n) is 9.16. The Hall–Kier alpha value is -1.92. The summed E-state index contributed by atoms with van der Waals surface area (Å²) in [6.07, 6.45) is 3.28. The summed E-state index contributed by atoms with van der Waals surface area (Å²) >= 11 is 0. The lowest BCUT2D eigenvalue weighted by molar-refractivity contribution is -0.160. The smallest absolute Gasteiger partial charge is 0.312 e. The van der Waals surface area contributed by atoms with Crippen molar-refractivity contribution < 1.29 is 14.3 Å². The minimum atomic E-state index is -0.463. The number of nitrogens with zero attached hydrogens (tertiary/aromatic N) is 2. The van der Waals surface area contributed by atoms with Gasteiger partial charge in [-0.2, -0.15) is 0 Å². The molecule has 5 rings (SSSR count). The monoisotopic (exact) mass is 341 g/mol. The van der Waals surface area contributed by atoms with Crippen molar-refractivity contribution in [1.29, 1.82) is 0 Å². The van der Waals surface area contributed by atoms with E-state index in [1.54, 1.807) is 4.90 Å². The molecule has 1 aliphatic carbocycles. The van der Waals surface area contributed by atoms with Gasteiger partial charge in [0.2, 0.25) is 0 Å². The number of benzene rings is 1. The summed E-state index contributed by atoms with van der Waals surface area (Å²) in [5, 5.41) is 3.10. The van der Waals surface area contributed by atoms with E-state index in [4.69, 9.17) is 4.74 Å². The number of carbonyl (C=O) groups is 2. The van der Waals surface area contributed by atoms with Crippen molar-refractivity contribution in [3.8, 4) is 0 Å². The molecule has 0 radical (unpaired) electrons. The highest BCUT2D eigenvalue weighted by molar-refractivity contribution is 6.36. The Morgan fingerprint density at radius 3 is 2.68 bits per heavy atom. The number of amides is 2. The number of hydrogen-bond acceptors (Lipinski definition) is 4. The predicted octanol–water partition coefficient (Wildman–Crippen LogP) is 0.521. The Morgan fingerprint density at radius 2 is 1.92 bits per heavy atom. The molecular weight excluding hydrogens is 318 g/mol. The summed E-state index contributed by atoms with van der Waals surface area (Å²) in [4.78, 5) is 29.3. The van der Waals surface area contributed by atoms with Crippen molar-refractivity contribution in [2.45, 2.75) is 42.9 Å². The van der Waals surface area contributed by atoms with E-state index in [-0.39, 0.29) is 17.1 Å². The van der Waals surface area contributed by atoms with E-state index in [9.17, 15) is 9.59 Å². The quantitative estimate of drug-likeness (QED) is 0.815. The molecule has 1 spiro atoms. The van der Waals surface area contributed by atoms with Gasteiger partial charge >= 0.3 is 11.8 Å². The molecule has 25 heavy (non-hydrogen) atoms. The van der Waals surface area contributed by atoms with Gasteiger partial charge in [0.1, 0.15) is 0 Å². The van der Waals surface area contributed by atoms with Crippen molar-refractivity contribution >= 4 is 11.8 Å². The summed E-state index contributed by atoms with van der Waals surface area (Å²) < 4.78 is 5.97. The van der Waals surface area contributed by atoms with E-state index in [0.717, 1.165) is 25.1 Å². The van der Waals surface area contributed by atoms with Crippen LogP contribution in [0.15, 0.2) is 30.3 Å². The van der Waals surface area contributed by atoms with Crippen LogP contribution in [0, 0.1) is 0 Å². The van der Waals surface area contributed by atoms with Gasteiger partial charge in [-0.3, -0.25) is 14.5 Å². The number of hydrogen-bond donors (Lipinski definition) is 1. The topological polar surface area (TPSA) is 61.9 Å². The molecule has 132 valence electrons. The van der Waals surface area contributed by atoms with Crippen LogP contribution in [0.1, 0.15) is 24.8 Å². The average Bonchev–Trinajstić information content (AvgIpc) is 3.00. The van der Waals surface area contributed by atoms with Crippen LogP contribution in [0.4, 0.5) is 0 Å². The fourth-order valence-electron chi connectivity index (χ4n) is 5.23. The molecule has 2 amide bonds. The molecule has 3 atom stereocenters. The van der Waals surface area contributed by atoms with E-state index < -0.39 is 11.8 Å². The van der Waals surface area contributed by atoms with Gasteiger partial charge in [0.05, 0.1) is 30.3 Å². The summed E-state index contributed by atoms with van der Waals surface area (Å²) in [5.74, 6) is -0.901. The second kappa shape index (κ2) is 5.29. The van der Waals surface area contributed by atoms with Gasteiger partial charge < -0.3 is 15.0 Å². The molecule has 3 heterocycles. The van der Waals surface area contributed by atoms with Gasteiger partial charge in [0.15, 0.2) is 0 Å². The first-order chi connectivity index (χ1) is 12.2. The Labute approximate surface area is 147 Å². The molecule has 1 aromatic carbocycles. The average molecular weight is 341 g/mol. The fourth-order valence-corrected chi connectivity index (χ4v) is 5.23. The first kappa shape index (κ1) is 15.3. The summed E-state index contributed by atoms with van der Waals surface area (Å²) in [6, 6.07) is 9.78. The Bertz CT molecular complexity index is 718. The molecule has 1 N–H and O–H groups in total. The standard InChI is InChI=1S/C19H23N3O3/c23-16-17(24)22(10-14-6-2-1-3-7-14)15-11-25-13-18(12-19(15,18)20-16)21-8-4-5-9-21/h1-3,6-7,15H,4-5,8-13H2,(H,20,23). The fraction of sp³-hybridized carbons (Fsp3) is 0.579. The van der Waals surface area contributed by atoms with Crippen molar-refractivity contribution in [1.82, 2.24) is 15.1 Å². The van der Waals surface area contributed by atoms with Crippen molar-refractivity contribution in [3.05, 3.63) is 35.9 Å². The van der Waals surface area contributed by atoms with Crippen LogP contribution < -0.4 is 5.32 Å². The molecule has 1 saturated carbocycles. The molecule has 6 heteroatoms. The van der Waals surface area contributed by atoms with Crippen LogP contribution >= 0.6 is 0 Å². The summed E-state index contributed by atoms with van der Waals surface area (Å²) in [6.45, 7) is 3.71. The van der Waals surface area contributed by atoms with Gasteiger partial charge in [0.25, 0.3) is 0 Å². The first-order valence-corrected chi connectivity index (χ1v) is 9.16. The highest BCUT2D eigenvalue weighted by Crippen LogP contribution is 2.59. The van der Waals surface area contributed by atoms with E-state index in [2.05, 4.69) is 10.2 Å². The Morgan fingerprint density at radius 1 is 1.16 bits per heavy atom. The molecule has 4 fully saturated rings. The van der Waals surface area contributed by atoms with Gasteiger partial charge in [-0.15, -0.1) is 0 Å². The summed E-state index contributed by atoms with van der Waals surface area (Å²) in [5.41, 5.74) is 0.575. The highest BCUT2D eigenvalue weighted by Gasteiger charge is 2.79. The molecule has 6 nitrogen and oxygen atoms in total. The lowest BCUT2D eigenvalue weighted by Crippen LogP contribution is -2.72. The number of ether oxygens (including phenoxy) is 1. The lowest BCUT2D eigenvalue weighted by Gasteiger charge is -2.48. The molecule has 0 aromatic heterocycles. The third kappa shape index (κ3) is 2.04. The maximum Gasteiger partial charge on any atom is 0.312 e. The number of carbonyl (C=O) groups excluding carboxylic acids is 2. The van der Waals surface area contributed by atoms with E-state index in [1.165, 1.54) is 12.8 Å². The third-order valence-electron chi connectivity index (χ3n) is 6.54. The second-order valence-corrected chi connectivity index (χ2v) is 7.78. The maximum absolute atomic E-state index is 12.6. The van der Waals surface area contributed by atoms with Crippen LogP contribution in [0.5, 0.6) is 0 Å². The third-order valence-corrected chi connectivity index (χ3v) is 6.54. The predicted molar refractivity (Wildman–Crippen MR) is 90.6 cm³/mol. The second-order valence-electron chi connectivity index (χ2n) is 7.78. The van der Waals surface area contributed by atoms with Gasteiger partial charge in [-0.05, 0) is 37.9 Å². The molecule has 3 aliphatic heterocycles. The van der Waals surface area contributed by atoms with E-state index in [1.807, 2.05) is 30.3 Å². The Balaban J connectivity index is 1.49. The molecular formula is C19H23N3O3. The molecule has 3 unspecified atom stereocenters. The minimum absolute atomic E-state index is 0.0905. The zero-order valence-electron chi connectivity index (χ0n) is 14.2. The molecule has 3 saturated heterocycles. The number of piperazine rings is 1. The number of likely N-dealkylation sites (tertiary alicyclic amines) is 1. The zero-order valence-corrected chi connectivity index (χ0v) is 14.2. The van der Waals surface area contributed by atoms with Crippen LogP contribution in [0.25, 0.3) is 0 Å². The summed E-state index contributed by atoms with van der Waals surface area (Å²) in [7, 11) is 0. The highest BCUT2D eigenvalue weighted by atomic mass is 16.5. The number of nitrogens with one attached hydrogen (secondary N) is 1. The van der Waals surface area contributed by atoms with Gasteiger partial charge in [-0.1, -0.05) is 30.3 Å². The van der Waals surface area contributed by atoms with Crippen LogP contribution in [-0.2, 0) is 20.9 Å². The van der Waals surface area contributed by atoms with Gasteiger partial charge in [-0.25, -0.2) is 0 Å². The van der Waals surface area contributed by atoms with Crippen LogP contribution in [0.2, 0.25) is 0 Å². The largest absolute Gasteiger partial charge is 0.377 e. The van der Waals surface area contributed by atoms with Gasteiger partial charge in [0, 0.05) is 6.54 Å². The van der Waals surface area contributed by atoms with E-state index >= 15 is 0 Å². The van der Waals surface area contributed by atoms with Crippen LogP contribution in [0.3, 0.4) is 0 Å². The van der Waals surface area contributed by atoms with Crippen molar-refractivity contribution in [2.75, 3.05) is 26.3 Å². The molecule has 4 aliphatic rings. The zero-order chi connectivity index (χ0) is 17.1. The molecule has 0 bridgehead atoms. The lowest BCUT2D eigenvalue weighted by atomic mass is 9.92. The number of rotatable bonds is 3.